The average molecular weight is 286 g/mol. The molecule has 1 amide bonds. The first-order valence-corrected chi connectivity index (χ1v) is 7.25. The summed E-state index contributed by atoms with van der Waals surface area (Å²) in [6, 6.07) is 5.48. The van der Waals surface area contributed by atoms with E-state index >= 15 is 0 Å². The predicted octanol–water partition coefficient (Wildman–Crippen LogP) is 2.39. The molecular weight excluding hydrogens is 264 g/mol. The van der Waals surface area contributed by atoms with E-state index in [-0.39, 0.29) is 17.9 Å². The van der Waals surface area contributed by atoms with Crippen molar-refractivity contribution in [2.75, 3.05) is 6.54 Å². The first-order valence-electron chi connectivity index (χ1n) is 7.25. The number of pyridine rings is 1. The van der Waals surface area contributed by atoms with Crippen molar-refractivity contribution in [1.29, 1.82) is 0 Å². The third-order valence-electron chi connectivity index (χ3n) is 3.44. The lowest BCUT2D eigenvalue weighted by Crippen LogP contribution is -2.31. The van der Waals surface area contributed by atoms with Crippen LogP contribution in [-0.2, 0) is 11.3 Å². The average Bonchev–Trinajstić information content (AvgIpc) is 2.39. The fourth-order valence-electron chi connectivity index (χ4n) is 2.48. The van der Waals surface area contributed by atoms with Gasteiger partial charge in [-0.2, -0.15) is 0 Å². The number of nitrogens with zero attached hydrogens (tertiary/aromatic N) is 1. The Hall–Kier alpha value is -2.10. The van der Waals surface area contributed by atoms with Crippen LogP contribution in [0.25, 0.3) is 10.9 Å². The maximum atomic E-state index is 12.0. The number of hydrogen-bond acceptors (Lipinski definition) is 2. The number of carbonyl (C=O) groups is 1. The van der Waals surface area contributed by atoms with Crippen LogP contribution < -0.4 is 10.7 Å². The van der Waals surface area contributed by atoms with Gasteiger partial charge in [-0.25, -0.2) is 0 Å². The summed E-state index contributed by atoms with van der Waals surface area (Å²) in [5.41, 5.74) is 2.86. The van der Waals surface area contributed by atoms with Crippen LogP contribution in [0.2, 0.25) is 0 Å². The fourth-order valence-corrected chi connectivity index (χ4v) is 2.48. The highest BCUT2D eigenvalue weighted by Crippen LogP contribution is 2.17. The smallest absolute Gasteiger partial charge is 0.239 e. The number of aromatic nitrogens is 1. The van der Waals surface area contributed by atoms with Crippen LogP contribution in [-0.4, -0.2) is 17.0 Å². The Bertz CT molecular complexity index is 729. The zero-order valence-electron chi connectivity index (χ0n) is 13.1. The largest absolute Gasteiger partial charge is 0.354 e. The molecule has 0 aliphatic carbocycles. The second-order valence-electron chi connectivity index (χ2n) is 5.98. The Balaban J connectivity index is 2.39. The number of hydrogen-bond donors (Lipinski definition) is 1. The Labute approximate surface area is 124 Å². The van der Waals surface area contributed by atoms with Gasteiger partial charge in [0.05, 0.1) is 5.52 Å². The van der Waals surface area contributed by atoms with Crippen LogP contribution in [0.4, 0.5) is 0 Å². The van der Waals surface area contributed by atoms with Crippen molar-refractivity contribution in [2.45, 2.75) is 34.2 Å². The van der Waals surface area contributed by atoms with E-state index in [1.54, 1.807) is 6.20 Å². The molecular formula is C17H22N2O2. The molecule has 0 saturated heterocycles. The van der Waals surface area contributed by atoms with E-state index in [4.69, 9.17) is 0 Å². The van der Waals surface area contributed by atoms with E-state index in [1.165, 1.54) is 6.07 Å². The molecule has 1 heterocycles. The second-order valence-corrected chi connectivity index (χ2v) is 5.98. The lowest BCUT2D eigenvalue weighted by Gasteiger charge is -2.13. The minimum absolute atomic E-state index is 0.00124. The number of rotatable bonds is 4. The standard InChI is InChI=1S/C17H22N2O2/c1-11(2)9-18-16(21)10-19-6-5-15(20)17-13(4)7-12(3)8-14(17)19/h5-8,11H,9-10H2,1-4H3,(H,18,21). The molecule has 0 atom stereocenters. The normalized spacial score (nSPS) is 11.1. The van der Waals surface area contributed by atoms with E-state index in [0.717, 1.165) is 16.6 Å². The second kappa shape index (κ2) is 6.12. The molecule has 1 aromatic carbocycles. The molecule has 0 radical (unpaired) electrons. The van der Waals surface area contributed by atoms with Gasteiger partial charge < -0.3 is 9.88 Å². The summed E-state index contributed by atoms with van der Waals surface area (Å²) in [6.07, 6.45) is 1.69. The third-order valence-corrected chi connectivity index (χ3v) is 3.44. The first-order chi connectivity index (χ1) is 9.88. The van der Waals surface area contributed by atoms with Crippen molar-refractivity contribution < 1.29 is 4.79 Å². The summed E-state index contributed by atoms with van der Waals surface area (Å²) in [5, 5.41) is 3.60. The molecule has 0 aliphatic rings. The number of fused-ring (bicyclic) bond motifs is 1. The summed E-state index contributed by atoms with van der Waals surface area (Å²) in [4.78, 5) is 24.1. The number of nitrogens with one attached hydrogen (secondary N) is 1. The van der Waals surface area contributed by atoms with Crippen LogP contribution in [0.1, 0.15) is 25.0 Å². The van der Waals surface area contributed by atoms with Crippen molar-refractivity contribution in [3.63, 3.8) is 0 Å². The van der Waals surface area contributed by atoms with Crippen LogP contribution >= 0.6 is 0 Å². The van der Waals surface area contributed by atoms with Gasteiger partial charge >= 0.3 is 0 Å². The molecule has 0 spiro atoms. The first kappa shape index (κ1) is 15.3. The van der Waals surface area contributed by atoms with Gasteiger partial charge in [-0.05, 0) is 37.0 Å². The summed E-state index contributed by atoms with van der Waals surface area (Å²) < 4.78 is 1.84. The van der Waals surface area contributed by atoms with Gasteiger partial charge in [0.15, 0.2) is 5.43 Å². The predicted molar refractivity (Wildman–Crippen MR) is 85.5 cm³/mol. The van der Waals surface area contributed by atoms with E-state index in [0.29, 0.717) is 17.8 Å². The number of benzene rings is 1. The third kappa shape index (κ3) is 3.51. The molecule has 0 aliphatic heterocycles. The van der Waals surface area contributed by atoms with Crippen molar-refractivity contribution in [3.05, 3.63) is 45.7 Å². The summed E-state index contributed by atoms with van der Waals surface area (Å²) >= 11 is 0. The van der Waals surface area contributed by atoms with Gasteiger partial charge in [-0.3, -0.25) is 9.59 Å². The lowest BCUT2D eigenvalue weighted by atomic mass is 10.1. The molecule has 0 unspecified atom stereocenters. The van der Waals surface area contributed by atoms with Gasteiger partial charge in [0.25, 0.3) is 0 Å². The minimum Gasteiger partial charge on any atom is -0.354 e. The van der Waals surface area contributed by atoms with E-state index < -0.39 is 0 Å². The SMILES string of the molecule is Cc1cc(C)c2c(=O)ccn(CC(=O)NCC(C)C)c2c1. The number of aryl methyl sites for hydroxylation is 2. The number of carbonyl (C=O) groups excluding carboxylic acids is 1. The summed E-state index contributed by atoms with van der Waals surface area (Å²) in [5.74, 6) is 0.386. The van der Waals surface area contributed by atoms with Crippen LogP contribution in [0.5, 0.6) is 0 Å². The van der Waals surface area contributed by atoms with Crippen molar-refractivity contribution in [3.8, 4) is 0 Å². The molecule has 4 nitrogen and oxygen atoms in total. The minimum atomic E-state index is -0.0344. The van der Waals surface area contributed by atoms with Gasteiger partial charge in [0.1, 0.15) is 6.54 Å². The highest BCUT2D eigenvalue weighted by Gasteiger charge is 2.09. The molecule has 0 saturated carbocycles. The maximum absolute atomic E-state index is 12.0. The van der Waals surface area contributed by atoms with Crippen LogP contribution in [0.15, 0.2) is 29.2 Å². The van der Waals surface area contributed by atoms with E-state index in [1.807, 2.05) is 30.5 Å². The highest BCUT2D eigenvalue weighted by molar-refractivity contribution is 5.85. The van der Waals surface area contributed by atoms with Gasteiger partial charge in [-0.1, -0.05) is 19.9 Å². The van der Waals surface area contributed by atoms with Crippen molar-refractivity contribution in [1.82, 2.24) is 9.88 Å². The zero-order valence-corrected chi connectivity index (χ0v) is 13.1. The monoisotopic (exact) mass is 286 g/mol. The van der Waals surface area contributed by atoms with Gasteiger partial charge in [-0.15, -0.1) is 0 Å². The van der Waals surface area contributed by atoms with Crippen LogP contribution in [0, 0.1) is 19.8 Å². The molecule has 2 aromatic rings. The molecule has 1 aromatic heterocycles. The maximum Gasteiger partial charge on any atom is 0.239 e. The van der Waals surface area contributed by atoms with E-state index in [9.17, 15) is 9.59 Å². The fraction of sp³-hybridized carbons (Fsp3) is 0.412. The Kier molecular flexibility index (Phi) is 4.46. The molecule has 1 N–H and O–H groups in total. The van der Waals surface area contributed by atoms with Gasteiger partial charge in [0, 0.05) is 24.2 Å². The Morgan fingerprint density at radius 2 is 2.00 bits per heavy atom. The molecule has 4 heteroatoms. The van der Waals surface area contributed by atoms with Crippen LogP contribution in [0.3, 0.4) is 0 Å². The summed E-state index contributed by atoms with van der Waals surface area (Å²) in [7, 11) is 0. The molecule has 2 rings (SSSR count). The topological polar surface area (TPSA) is 51.1 Å². The Morgan fingerprint density at radius 1 is 1.29 bits per heavy atom. The van der Waals surface area contributed by atoms with E-state index in [2.05, 4.69) is 19.2 Å². The molecule has 112 valence electrons. The molecule has 0 bridgehead atoms. The van der Waals surface area contributed by atoms with Gasteiger partial charge in [0.2, 0.25) is 5.91 Å². The lowest BCUT2D eigenvalue weighted by molar-refractivity contribution is -0.121. The highest BCUT2D eigenvalue weighted by atomic mass is 16.2. The van der Waals surface area contributed by atoms with Crippen molar-refractivity contribution in [2.24, 2.45) is 5.92 Å². The molecule has 21 heavy (non-hydrogen) atoms. The Morgan fingerprint density at radius 3 is 2.67 bits per heavy atom. The quantitative estimate of drug-likeness (QED) is 0.938. The zero-order chi connectivity index (χ0) is 15.6. The molecule has 0 fully saturated rings. The number of amides is 1. The van der Waals surface area contributed by atoms with Crippen molar-refractivity contribution >= 4 is 16.8 Å². The summed E-state index contributed by atoms with van der Waals surface area (Å²) in [6.45, 7) is 8.93.